The average molecular weight is 346 g/mol. The van der Waals surface area contributed by atoms with Crippen LogP contribution in [0.25, 0.3) is 0 Å². The summed E-state index contributed by atoms with van der Waals surface area (Å²) in [5.41, 5.74) is 2.07. The third-order valence-corrected chi connectivity index (χ3v) is 5.90. The highest BCUT2D eigenvalue weighted by atomic mass is 16.5. The molecule has 2 fully saturated rings. The van der Waals surface area contributed by atoms with Gasteiger partial charge in [0, 0.05) is 30.4 Å². The second-order valence-electron chi connectivity index (χ2n) is 7.57. The minimum Gasteiger partial charge on any atom is -0.378 e. The van der Waals surface area contributed by atoms with Gasteiger partial charge in [-0.2, -0.15) is 0 Å². The zero-order valence-corrected chi connectivity index (χ0v) is 15.5. The lowest BCUT2D eigenvalue weighted by Crippen LogP contribution is -2.93. The van der Waals surface area contributed by atoms with Gasteiger partial charge in [-0.3, -0.25) is 4.79 Å². The van der Waals surface area contributed by atoms with E-state index in [2.05, 4.69) is 41.5 Å². The molecule has 5 nitrogen and oxygen atoms in total. The summed E-state index contributed by atoms with van der Waals surface area (Å²) in [5.74, 6) is 1.55. The lowest BCUT2D eigenvalue weighted by molar-refractivity contribution is -0.688. The molecule has 0 aromatic heterocycles. The van der Waals surface area contributed by atoms with Crippen molar-refractivity contribution in [2.24, 2.45) is 11.8 Å². The van der Waals surface area contributed by atoms with Crippen molar-refractivity contribution in [1.29, 1.82) is 0 Å². The van der Waals surface area contributed by atoms with Crippen LogP contribution in [0.1, 0.15) is 33.1 Å². The Morgan fingerprint density at radius 3 is 2.64 bits per heavy atom. The predicted molar refractivity (Wildman–Crippen MR) is 101 cm³/mol. The Labute approximate surface area is 151 Å². The second-order valence-corrected chi connectivity index (χ2v) is 7.57. The first-order chi connectivity index (χ1) is 12.1. The average Bonchev–Trinajstić information content (AvgIpc) is 2.64. The van der Waals surface area contributed by atoms with E-state index in [0.29, 0.717) is 18.5 Å². The van der Waals surface area contributed by atoms with E-state index in [0.717, 1.165) is 37.9 Å². The van der Waals surface area contributed by atoms with Gasteiger partial charge < -0.3 is 20.3 Å². The van der Waals surface area contributed by atoms with E-state index in [-0.39, 0.29) is 5.91 Å². The zero-order valence-electron chi connectivity index (χ0n) is 15.5. The van der Waals surface area contributed by atoms with Crippen molar-refractivity contribution >= 4 is 17.3 Å². The molecule has 1 aliphatic heterocycles. The molecule has 2 aliphatic rings. The van der Waals surface area contributed by atoms with E-state index >= 15 is 0 Å². The van der Waals surface area contributed by atoms with E-state index < -0.39 is 0 Å². The number of hydrogen-bond acceptors (Lipinski definition) is 3. The Morgan fingerprint density at radius 2 is 1.92 bits per heavy atom. The number of morpholine rings is 1. The SMILES string of the molecule is C[C@@H]1[C@H](C)CCC[C@@H]1[NH2+]CC(=O)Nc1ccc(N2CCOCC2)cc1. The Balaban J connectivity index is 1.46. The van der Waals surface area contributed by atoms with Crippen LogP contribution in [0.2, 0.25) is 0 Å². The highest BCUT2D eigenvalue weighted by molar-refractivity contribution is 5.91. The Hall–Kier alpha value is -1.59. The highest BCUT2D eigenvalue weighted by Crippen LogP contribution is 2.27. The van der Waals surface area contributed by atoms with Crippen molar-refractivity contribution in [3.63, 3.8) is 0 Å². The third kappa shape index (κ3) is 4.95. The van der Waals surface area contributed by atoms with E-state index in [1.165, 1.54) is 24.9 Å². The first kappa shape index (κ1) is 18.2. The fourth-order valence-electron chi connectivity index (χ4n) is 4.00. The number of nitrogens with two attached hydrogens (primary N) is 1. The fourth-order valence-corrected chi connectivity index (χ4v) is 4.00. The maximum absolute atomic E-state index is 12.3. The van der Waals surface area contributed by atoms with Crippen LogP contribution in [0.3, 0.4) is 0 Å². The van der Waals surface area contributed by atoms with Crippen LogP contribution in [0.15, 0.2) is 24.3 Å². The molecular weight excluding hydrogens is 314 g/mol. The van der Waals surface area contributed by atoms with Crippen molar-refractivity contribution in [2.45, 2.75) is 39.2 Å². The molecule has 1 aromatic rings. The van der Waals surface area contributed by atoms with Crippen LogP contribution in [-0.4, -0.2) is 44.8 Å². The van der Waals surface area contributed by atoms with E-state index in [4.69, 9.17) is 4.74 Å². The van der Waals surface area contributed by atoms with Crippen molar-refractivity contribution in [3.05, 3.63) is 24.3 Å². The van der Waals surface area contributed by atoms with Crippen molar-refractivity contribution in [1.82, 2.24) is 0 Å². The van der Waals surface area contributed by atoms with Crippen LogP contribution in [0, 0.1) is 11.8 Å². The first-order valence-corrected chi connectivity index (χ1v) is 9.69. The number of carbonyl (C=O) groups is 1. The summed E-state index contributed by atoms with van der Waals surface area (Å²) < 4.78 is 5.39. The number of nitrogens with zero attached hydrogens (tertiary/aromatic N) is 1. The van der Waals surface area contributed by atoms with E-state index in [9.17, 15) is 4.79 Å². The molecule has 1 aromatic carbocycles. The standard InChI is InChI=1S/C20H31N3O2/c1-15-4-3-5-19(16(15)2)21-14-20(24)22-17-6-8-18(9-7-17)23-10-12-25-13-11-23/h6-9,15-16,19,21H,3-5,10-14H2,1-2H3,(H,22,24)/p+1/t15-,16-,19+/m1/s1. The molecule has 1 saturated carbocycles. The number of ether oxygens (including phenoxy) is 1. The molecule has 3 N–H and O–H groups in total. The van der Waals surface area contributed by atoms with Gasteiger partial charge in [0.05, 0.1) is 19.3 Å². The number of amides is 1. The number of hydrogen-bond donors (Lipinski definition) is 2. The maximum Gasteiger partial charge on any atom is 0.279 e. The summed E-state index contributed by atoms with van der Waals surface area (Å²) in [7, 11) is 0. The molecule has 0 bridgehead atoms. The third-order valence-electron chi connectivity index (χ3n) is 5.90. The van der Waals surface area contributed by atoms with Crippen molar-refractivity contribution in [3.8, 4) is 0 Å². The molecule has 1 amide bonds. The summed E-state index contributed by atoms with van der Waals surface area (Å²) in [6.07, 6.45) is 3.84. The molecule has 25 heavy (non-hydrogen) atoms. The monoisotopic (exact) mass is 346 g/mol. The number of nitrogens with one attached hydrogen (secondary N) is 1. The minimum atomic E-state index is 0.0875. The minimum absolute atomic E-state index is 0.0875. The summed E-state index contributed by atoms with van der Waals surface area (Å²) in [4.78, 5) is 14.6. The molecule has 0 spiro atoms. The van der Waals surface area contributed by atoms with Gasteiger partial charge in [-0.1, -0.05) is 13.8 Å². The van der Waals surface area contributed by atoms with E-state index in [1.54, 1.807) is 0 Å². The van der Waals surface area contributed by atoms with Gasteiger partial charge in [-0.25, -0.2) is 0 Å². The van der Waals surface area contributed by atoms with E-state index in [1.807, 2.05) is 12.1 Å². The molecular formula is C20H32N3O2+. The topological polar surface area (TPSA) is 58.2 Å². The zero-order chi connectivity index (χ0) is 17.6. The molecule has 3 atom stereocenters. The Kier molecular flexibility index (Phi) is 6.32. The lowest BCUT2D eigenvalue weighted by Gasteiger charge is -2.31. The quantitative estimate of drug-likeness (QED) is 0.855. The van der Waals surface area contributed by atoms with Crippen molar-refractivity contribution < 1.29 is 14.8 Å². The highest BCUT2D eigenvalue weighted by Gasteiger charge is 2.29. The number of carbonyl (C=O) groups excluding carboxylic acids is 1. The fraction of sp³-hybridized carbons (Fsp3) is 0.650. The molecule has 1 saturated heterocycles. The van der Waals surface area contributed by atoms with Crippen LogP contribution >= 0.6 is 0 Å². The normalized spacial score (nSPS) is 27.1. The molecule has 5 heteroatoms. The molecule has 0 unspecified atom stereocenters. The number of quaternary nitrogens is 1. The van der Waals surface area contributed by atoms with Gasteiger partial charge >= 0.3 is 0 Å². The summed E-state index contributed by atoms with van der Waals surface area (Å²) in [5, 5.41) is 5.26. The Bertz CT molecular complexity index is 555. The smallest absolute Gasteiger partial charge is 0.279 e. The summed E-state index contributed by atoms with van der Waals surface area (Å²) in [6, 6.07) is 8.73. The van der Waals surface area contributed by atoms with Gasteiger partial charge in [-0.05, 0) is 49.4 Å². The second kappa shape index (κ2) is 8.68. The number of anilines is 2. The maximum atomic E-state index is 12.3. The molecule has 3 rings (SSSR count). The predicted octanol–water partition coefficient (Wildman–Crippen LogP) is 1.85. The van der Waals surface area contributed by atoms with Crippen LogP contribution in [0.5, 0.6) is 0 Å². The number of benzene rings is 1. The van der Waals surface area contributed by atoms with Crippen molar-refractivity contribution in [2.75, 3.05) is 43.1 Å². The van der Waals surface area contributed by atoms with Gasteiger partial charge in [0.25, 0.3) is 5.91 Å². The summed E-state index contributed by atoms with van der Waals surface area (Å²) in [6.45, 7) is 8.59. The molecule has 1 aliphatic carbocycles. The lowest BCUT2D eigenvalue weighted by atomic mass is 9.78. The van der Waals surface area contributed by atoms with Crippen LogP contribution < -0.4 is 15.5 Å². The molecule has 1 heterocycles. The Morgan fingerprint density at radius 1 is 1.20 bits per heavy atom. The van der Waals surface area contributed by atoms with Gasteiger partial charge in [0.15, 0.2) is 6.54 Å². The first-order valence-electron chi connectivity index (χ1n) is 9.69. The number of rotatable bonds is 5. The molecule has 138 valence electrons. The van der Waals surface area contributed by atoms with Gasteiger partial charge in [0.1, 0.15) is 0 Å². The van der Waals surface area contributed by atoms with Gasteiger partial charge in [0.2, 0.25) is 0 Å². The van der Waals surface area contributed by atoms with Crippen LogP contribution in [-0.2, 0) is 9.53 Å². The largest absolute Gasteiger partial charge is 0.378 e. The summed E-state index contributed by atoms with van der Waals surface area (Å²) >= 11 is 0. The molecule has 0 radical (unpaired) electrons. The van der Waals surface area contributed by atoms with Crippen LogP contribution in [0.4, 0.5) is 11.4 Å². The van der Waals surface area contributed by atoms with Gasteiger partial charge in [-0.15, -0.1) is 0 Å².